The van der Waals surface area contributed by atoms with E-state index in [2.05, 4.69) is 26.1 Å². The van der Waals surface area contributed by atoms with E-state index in [1.165, 1.54) is 0 Å². The zero-order valence-electron chi connectivity index (χ0n) is 14.2. The zero-order valence-corrected chi connectivity index (χ0v) is 15.8. The van der Waals surface area contributed by atoms with Crippen LogP contribution in [-0.2, 0) is 11.4 Å². The summed E-state index contributed by atoms with van der Waals surface area (Å²) in [6.07, 6.45) is 5.37. The summed E-state index contributed by atoms with van der Waals surface area (Å²) in [5.41, 5.74) is 2.85. The third-order valence-electron chi connectivity index (χ3n) is 4.35. The number of imidazole rings is 1. The standard InChI is InChI=1S/C20H18BrN3O2/c1-14-20(24-11-10-22-13-24)19(17-4-2-3-5-18(17)26-14)23-25-12-15-6-8-16(21)9-7-15/h2-11,13-14,20H,12H2,1H3/b23-19-/t14-,20-/m0/s1. The Morgan fingerprint density at radius 3 is 2.77 bits per heavy atom. The van der Waals surface area contributed by atoms with E-state index in [-0.39, 0.29) is 12.1 Å². The first-order chi connectivity index (χ1) is 12.7. The molecule has 1 aliphatic rings. The van der Waals surface area contributed by atoms with Crippen molar-refractivity contribution in [1.29, 1.82) is 0 Å². The van der Waals surface area contributed by atoms with E-state index in [1.807, 2.05) is 66.2 Å². The van der Waals surface area contributed by atoms with E-state index in [9.17, 15) is 0 Å². The maximum absolute atomic E-state index is 6.09. The maximum Gasteiger partial charge on any atom is 0.142 e. The van der Waals surface area contributed by atoms with Crippen molar-refractivity contribution in [3.63, 3.8) is 0 Å². The Labute approximate surface area is 160 Å². The molecule has 132 valence electrons. The average molecular weight is 412 g/mol. The van der Waals surface area contributed by atoms with Gasteiger partial charge in [-0.15, -0.1) is 0 Å². The van der Waals surface area contributed by atoms with Gasteiger partial charge in [-0.05, 0) is 36.8 Å². The Hall–Kier alpha value is -2.60. The van der Waals surface area contributed by atoms with E-state index < -0.39 is 0 Å². The van der Waals surface area contributed by atoms with Crippen molar-refractivity contribution in [3.05, 3.63) is 82.9 Å². The number of nitrogens with zero attached hydrogens (tertiary/aromatic N) is 3. The predicted molar refractivity (Wildman–Crippen MR) is 103 cm³/mol. The topological polar surface area (TPSA) is 48.6 Å². The molecule has 0 saturated heterocycles. The van der Waals surface area contributed by atoms with Crippen LogP contribution >= 0.6 is 15.9 Å². The van der Waals surface area contributed by atoms with Gasteiger partial charge in [0.15, 0.2) is 0 Å². The molecule has 0 radical (unpaired) electrons. The third-order valence-corrected chi connectivity index (χ3v) is 4.88. The number of para-hydroxylation sites is 1. The van der Waals surface area contributed by atoms with Crippen molar-refractivity contribution >= 4 is 21.6 Å². The van der Waals surface area contributed by atoms with Crippen LogP contribution in [0.2, 0.25) is 0 Å². The Morgan fingerprint density at radius 2 is 2.00 bits per heavy atom. The fourth-order valence-corrected chi connectivity index (χ4v) is 3.37. The van der Waals surface area contributed by atoms with Crippen LogP contribution in [0.3, 0.4) is 0 Å². The van der Waals surface area contributed by atoms with E-state index in [0.717, 1.165) is 27.1 Å². The molecule has 26 heavy (non-hydrogen) atoms. The van der Waals surface area contributed by atoms with Gasteiger partial charge in [0.25, 0.3) is 0 Å². The molecule has 0 amide bonds. The molecule has 2 heterocycles. The van der Waals surface area contributed by atoms with Gasteiger partial charge in [0.1, 0.15) is 30.2 Å². The van der Waals surface area contributed by atoms with Gasteiger partial charge < -0.3 is 14.1 Å². The third kappa shape index (κ3) is 3.37. The SMILES string of the molecule is C[C@@H]1Oc2ccccc2/C(=N/OCc2ccc(Br)cc2)[C@H]1n1ccnc1. The van der Waals surface area contributed by atoms with Crippen molar-refractivity contribution in [1.82, 2.24) is 9.55 Å². The summed E-state index contributed by atoms with van der Waals surface area (Å²) in [4.78, 5) is 9.88. The Morgan fingerprint density at radius 1 is 1.19 bits per heavy atom. The largest absolute Gasteiger partial charge is 0.487 e. The predicted octanol–water partition coefficient (Wildman–Crippen LogP) is 4.59. The lowest BCUT2D eigenvalue weighted by molar-refractivity contribution is 0.122. The van der Waals surface area contributed by atoms with Gasteiger partial charge in [0, 0.05) is 22.4 Å². The molecule has 1 aromatic heterocycles. The smallest absolute Gasteiger partial charge is 0.142 e. The second-order valence-corrected chi connectivity index (χ2v) is 7.07. The summed E-state index contributed by atoms with van der Waals surface area (Å²) < 4.78 is 9.13. The molecular weight excluding hydrogens is 394 g/mol. The second kappa shape index (κ2) is 7.33. The number of aromatic nitrogens is 2. The first-order valence-corrected chi connectivity index (χ1v) is 9.19. The monoisotopic (exact) mass is 411 g/mol. The summed E-state index contributed by atoms with van der Waals surface area (Å²) in [6.45, 7) is 2.44. The lowest BCUT2D eigenvalue weighted by atomic mass is 9.95. The highest BCUT2D eigenvalue weighted by atomic mass is 79.9. The van der Waals surface area contributed by atoms with Crippen LogP contribution in [0.15, 0.2) is 76.9 Å². The molecule has 0 spiro atoms. The van der Waals surface area contributed by atoms with Gasteiger partial charge in [-0.3, -0.25) is 0 Å². The highest BCUT2D eigenvalue weighted by molar-refractivity contribution is 9.10. The van der Waals surface area contributed by atoms with Crippen molar-refractivity contribution in [3.8, 4) is 5.75 Å². The number of oxime groups is 1. The zero-order chi connectivity index (χ0) is 17.9. The first-order valence-electron chi connectivity index (χ1n) is 8.40. The second-order valence-electron chi connectivity index (χ2n) is 6.15. The lowest BCUT2D eigenvalue weighted by Crippen LogP contribution is -2.37. The normalized spacial score (nSPS) is 20.5. The summed E-state index contributed by atoms with van der Waals surface area (Å²) in [6, 6.07) is 15.8. The van der Waals surface area contributed by atoms with Crippen LogP contribution in [0.1, 0.15) is 24.1 Å². The quantitative estimate of drug-likeness (QED) is 0.589. The van der Waals surface area contributed by atoms with E-state index in [1.54, 1.807) is 12.5 Å². The maximum atomic E-state index is 6.09. The van der Waals surface area contributed by atoms with Gasteiger partial charge >= 0.3 is 0 Å². The molecule has 5 nitrogen and oxygen atoms in total. The number of rotatable bonds is 4. The van der Waals surface area contributed by atoms with E-state index in [4.69, 9.17) is 9.57 Å². The summed E-state index contributed by atoms with van der Waals surface area (Å²) in [5.74, 6) is 0.822. The summed E-state index contributed by atoms with van der Waals surface area (Å²) in [5, 5.41) is 4.51. The summed E-state index contributed by atoms with van der Waals surface area (Å²) in [7, 11) is 0. The molecular formula is C20H18BrN3O2. The van der Waals surface area contributed by atoms with Crippen LogP contribution in [0, 0.1) is 0 Å². The minimum absolute atomic E-state index is 0.0888. The molecule has 0 bridgehead atoms. The molecule has 0 N–H and O–H groups in total. The van der Waals surface area contributed by atoms with Crippen LogP contribution < -0.4 is 4.74 Å². The molecule has 4 rings (SSSR count). The van der Waals surface area contributed by atoms with Gasteiger partial charge in [-0.1, -0.05) is 45.4 Å². The highest BCUT2D eigenvalue weighted by Gasteiger charge is 2.34. The van der Waals surface area contributed by atoms with Crippen LogP contribution in [0.25, 0.3) is 0 Å². The fourth-order valence-electron chi connectivity index (χ4n) is 3.11. The average Bonchev–Trinajstić information content (AvgIpc) is 3.17. The summed E-state index contributed by atoms with van der Waals surface area (Å²) >= 11 is 3.44. The Bertz CT molecular complexity index is 907. The number of hydrogen-bond acceptors (Lipinski definition) is 4. The molecule has 0 unspecified atom stereocenters. The minimum atomic E-state index is -0.0997. The molecule has 1 aliphatic heterocycles. The molecule has 0 saturated carbocycles. The molecule has 0 fully saturated rings. The lowest BCUT2D eigenvalue weighted by Gasteiger charge is -2.33. The molecule has 2 atom stereocenters. The van der Waals surface area contributed by atoms with Gasteiger partial charge in [0.05, 0.1) is 6.33 Å². The first kappa shape index (κ1) is 16.8. The van der Waals surface area contributed by atoms with Crippen molar-refractivity contribution in [2.75, 3.05) is 0 Å². The van der Waals surface area contributed by atoms with Crippen LogP contribution in [0.5, 0.6) is 5.75 Å². The van der Waals surface area contributed by atoms with Crippen LogP contribution in [-0.4, -0.2) is 21.4 Å². The number of hydrogen-bond donors (Lipinski definition) is 0. The van der Waals surface area contributed by atoms with E-state index >= 15 is 0 Å². The number of fused-ring (bicyclic) bond motifs is 1. The Kier molecular flexibility index (Phi) is 4.75. The minimum Gasteiger partial charge on any atom is -0.487 e. The highest BCUT2D eigenvalue weighted by Crippen LogP contribution is 2.34. The Balaban J connectivity index is 1.65. The number of ether oxygens (including phenoxy) is 1. The van der Waals surface area contributed by atoms with Gasteiger partial charge in [-0.2, -0.15) is 0 Å². The fraction of sp³-hybridized carbons (Fsp3) is 0.200. The van der Waals surface area contributed by atoms with Gasteiger partial charge in [0.2, 0.25) is 0 Å². The van der Waals surface area contributed by atoms with Crippen molar-refractivity contribution in [2.24, 2.45) is 5.16 Å². The number of benzene rings is 2. The molecule has 2 aromatic carbocycles. The molecule has 0 aliphatic carbocycles. The number of halogens is 1. The molecule has 3 aromatic rings. The van der Waals surface area contributed by atoms with Crippen LogP contribution in [0.4, 0.5) is 0 Å². The van der Waals surface area contributed by atoms with Crippen molar-refractivity contribution < 1.29 is 9.57 Å². The van der Waals surface area contributed by atoms with Gasteiger partial charge in [-0.25, -0.2) is 4.98 Å². The molecule has 6 heteroatoms. The van der Waals surface area contributed by atoms with E-state index in [0.29, 0.717) is 6.61 Å². The van der Waals surface area contributed by atoms with Crippen molar-refractivity contribution in [2.45, 2.75) is 25.7 Å².